The van der Waals surface area contributed by atoms with Gasteiger partial charge in [0, 0.05) is 29.7 Å². The molecule has 0 aliphatic rings. The Morgan fingerprint density at radius 2 is 1.76 bits per heavy atom. The SMILES string of the molecule is Cc1ccnc(-n2c(-c3ccc(S(=O)(=O)NC(C)C(F)(F)F)cn3)c(C#N)c3cc(C(F)(F)F)cnc32)n1. The molecule has 0 spiro atoms. The van der Waals surface area contributed by atoms with Crippen molar-refractivity contribution < 1.29 is 34.8 Å². The highest BCUT2D eigenvalue weighted by Gasteiger charge is 2.39. The monoisotopic (exact) mass is 555 g/mol. The molecule has 1 N–H and O–H groups in total. The minimum Gasteiger partial charge on any atom is -0.259 e. The molecule has 1 unspecified atom stereocenters. The van der Waals surface area contributed by atoms with E-state index in [2.05, 4.69) is 19.9 Å². The van der Waals surface area contributed by atoms with E-state index in [1.807, 2.05) is 6.07 Å². The second-order valence-electron chi connectivity index (χ2n) is 8.03. The van der Waals surface area contributed by atoms with Crippen LogP contribution in [0.2, 0.25) is 0 Å². The van der Waals surface area contributed by atoms with E-state index < -0.39 is 38.9 Å². The fourth-order valence-corrected chi connectivity index (χ4v) is 4.63. The summed E-state index contributed by atoms with van der Waals surface area (Å²) < 4.78 is 106. The van der Waals surface area contributed by atoms with Crippen molar-refractivity contribution in [1.82, 2.24) is 29.2 Å². The van der Waals surface area contributed by atoms with Crippen molar-refractivity contribution in [2.75, 3.05) is 0 Å². The largest absolute Gasteiger partial charge is 0.417 e. The van der Waals surface area contributed by atoms with Crippen LogP contribution in [0.3, 0.4) is 0 Å². The molecule has 4 aromatic rings. The van der Waals surface area contributed by atoms with Gasteiger partial charge in [0.25, 0.3) is 0 Å². The predicted octanol–water partition coefficient (Wildman–Crippen LogP) is 4.31. The molecule has 0 bridgehead atoms. The van der Waals surface area contributed by atoms with Crippen LogP contribution in [0.5, 0.6) is 0 Å². The molecule has 0 aliphatic heterocycles. The number of aromatic nitrogens is 5. The molecule has 0 saturated heterocycles. The molecular formula is C22H15F6N7O2S. The van der Waals surface area contributed by atoms with Gasteiger partial charge in [0.2, 0.25) is 16.0 Å². The van der Waals surface area contributed by atoms with Crippen molar-refractivity contribution in [1.29, 1.82) is 5.26 Å². The predicted molar refractivity (Wildman–Crippen MR) is 120 cm³/mol. The Bertz CT molecular complexity index is 1670. The molecule has 38 heavy (non-hydrogen) atoms. The first-order valence-electron chi connectivity index (χ1n) is 10.5. The van der Waals surface area contributed by atoms with Crippen LogP contribution in [-0.4, -0.2) is 45.1 Å². The first kappa shape index (κ1) is 26.9. The standard InChI is InChI=1S/C22H15F6N7O2S/c1-11-5-6-30-20(33-11)35-18(16(8-29)15-7-13(22(26,27)28)9-32-19(15)35)17-4-3-14(10-31-17)38(36,37)34-12(2)21(23,24)25/h3-7,9-10,12,34H,1-2H3. The molecule has 0 aliphatic carbocycles. The summed E-state index contributed by atoms with van der Waals surface area (Å²) in [6, 6.07) is 3.78. The summed E-state index contributed by atoms with van der Waals surface area (Å²) in [5, 5.41) is 9.70. The zero-order valence-electron chi connectivity index (χ0n) is 19.3. The van der Waals surface area contributed by atoms with E-state index in [1.54, 1.807) is 13.0 Å². The number of hydrogen-bond donors (Lipinski definition) is 1. The van der Waals surface area contributed by atoms with Gasteiger partial charge < -0.3 is 0 Å². The highest BCUT2D eigenvalue weighted by molar-refractivity contribution is 7.89. The lowest BCUT2D eigenvalue weighted by Gasteiger charge is -2.17. The molecule has 16 heteroatoms. The van der Waals surface area contributed by atoms with Gasteiger partial charge in [-0.05, 0) is 38.1 Å². The summed E-state index contributed by atoms with van der Waals surface area (Å²) in [5.74, 6) is -0.0575. The number of alkyl halides is 6. The number of hydrogen-bond acceptors (Lipinski definition) is 7. The summed E-state index contributed by atoms with van der Waals surface area (Å²) in [4.78, 5) is 15.6. The third-order valence-corrected chi connectivity index (χ3v) is 6.87. The van der Waals surface area contributed by atoms with Gasteiger partial charge in [-0.15, -0.1) is 0 Å². The molecule has 4 aromatic heterocycles. The van der Waals surface area contributed by atoms with Gasteiger partial charge in [-0.25, -0.2) is 23.4 Å². The number of nitrogens with zero attached hydrogens (tertiary/aromatic N) is 6. The number of aryl methyl sites for hydroxylation is 1. The molecule has 0 radical (unpaired) electrons. The van der Waals surface area contributed by atoms with Crippen LogP contribution in [0, 0.1) is 18.3 Å². The first-order valence-corrected chi connectivity index (χ1v) is 12.0. The zero-order valence-corrected chi connectivity index (χ0v) is 20.1. The number of nitriles is 1. The van der Waals surface area contributed by atoms with E-state index in [-0.39, 0.29) is 33.9 Å². The number of halogens is 6. The molecule has 9 nitrogen and oxygen atoms in total. The lowest BCUT2D eigenvalue weighted by Crippen LogP contribution is -2.42. The Morgan fingerprint density at radius 1 is 1.05 bits per heavy atom. The zero-order chi connectivity index (χ0) is 28.0. The Hall–Kier alpha value is -4.10. The number of nitrogens with one attached hydrogen (secondary N) is 1. The van der Waals surface area contributed by atoms with Crippen LogP contribution in [0.1, 0.15) is 23.7 Å². The Morgan fingerprint density at radius 3 is 2.32 bits per heavy atom. The lowest BCUT2D eigenvalue weighted by molar-refractivity contribution is -0.147. The summed E-state index contributed by atoms with van der Waals surface area (Å²) in [6.45, 7) is 2.25. The summed E-state index contributed by atoms with van der Waals surface area (Å²) in [5.41, 5.74) is -1.21. The Balaban J connectivity index is 1.93. The smallest absolute Gasteiger partial charge is 0.259 e. The van der Waals surface area contributed by atoms with E-state index in [9.17, 15) is 40.0 Å². The molecule has 4 heterocycles. The van der Waals surface area contributed by atoms with Crippen LogP contribution in [0.15, 0.2) is 47.8 Å². The minimum absolute atomic E-state index is 0.0575. The van der Waals surface area contributed by atoms with Crippen molar-refractivity contribution >= 4 is 21.1 Å². The van der Waals surface area contributed by atoms with E-state index in [1.165, 1.54) is 15.5 Å². The number of fused-ring (bicyclic) bond motifs is 1. The molecular weight excluding hydrogens is 540 g/mol. The van der Waals surface area contributed by atoms with Crippen LogP contribution < -0.4 is 4.72 Å². The second-order valence-corrected chi connectivity index (χ2v) is 9.74. The van der Waals surface area contributed by atoms with Gasteiger partial charge in [-0.3, -0.25) is 9.55 Å². The van der Waals surface area contributed by atoms with Crippen molar-refractivity contribution in [3.63, 3.8) is 0 Å². The van der Waals surface area contributed by atoms with Gasteiger partial charge >= 0.3 is 12.4 Å². The van der Waals surface area contributed by atoms with E-state index in [4.69, 9.17) is 0 Å². The van der Waals surface area contributed by atoms with Crippen LogP contribution >= 0.6 is 0 Å². The molecule has 0 fully saturated rings. The number of rotatable bonds is 5. The molecule has 1 atom stereocenters. The van der Waals surface area contributed by atoms with Gasteiger partial charge in [-0.1, -0.05) is 0 Å². The van der Waals surface area contributed by atoms with Gasteiger partial charge in [0.05, 0.1) is 22.5 Å². The Labute approximate surface area is 210 Å². The highest BCUT2D eigenvalue weighted by atomic mass is 32.2. The summed E-state index contributed by atoms with van der Waals surface area (Å²) in [6.07, 6.45) is -6.88. The maximum atomic E-state index is 13.4. The quantitative estimate of drug-likeness (QED) is 0.364. The molecule has 0 saturated carbocycles. The van der Waals surface area contributed by atoms with Crippen molar-refractivity contribution in [3.8, 4) is 23.4 Å². The summed E-state index contributed by atoms with van der Waals surface area (Å²) >= 11 is 0. The maximum Gasteiger partial charge on any atom is 0.417 e. The van der Waals surface area contributed by atoms with Gasteiger partial charge in [0.15, 0.2) is 0 Å². The van der Waals surface area contributed by atoms with Crippen molar-refractivity contribution in [3.05, 3.63) is 59.7 Å². The van der Waals surface area contributed by atoms with Gasteiger partial charge in [0.1, 0.15) is 22.7 Å². The average Bonchev–Trinajstić information content (AvgIpc) is 3.16. The fourth-order valence-electron chi connectivity index (χ4n) is 3.46. The number of sulfonamides is 1. The topological polar surface area (TPSA) is 126 Å². The Kier molecular flexibility index (Phi) is 6.62. The third kappa shape index (κ3) is 5.02. The molecule has 198 valence electrons. The minimum atomic E-state index is -4.83. The second kappa shape index (κ2) is 9.33. The van der Waals surface area contributed by atoms with E-state index >= 15 is 0 Å². The van der Waals surface area contributed by atoms with Crippen LogP contribution in [0.25, 0.3) is 28.4 Å². The molecule has 0 aromatic carbocycles. The fraction of sp³-hybridized carbons (Fsp3) is 0.227. The number of pyridine rings is 2. The normalized spacial score (nSPS) is 13.4. The highest BCUT2D eigenvalue weighted by Crippen LogP contribution is 2.37. The molecule has 0 amide bonds. The maximum absolute atomic E-state index is 13.4. The molecule has 4 rings (SSSR count). The van der Waals surface area contributed by atoms with Crippen LogP contribution in [0.4, 0.5) is 26.3 Å². The van der Waals surface area contributed by atoms with E-state index in [0.717, 1.165) is 24.4 Å². The van der Waals surface area contributed by atoms with Crippen LogP contribution in [-0.2, 0) is 16.2 Å². The summed E-state index contributed by atoms with van der Waals surface area (Å²) in [7, 11) is -4.64. The lowest BCUT2D eigenvalue weighted by atomic mass is 10.1. The van der Waals surface area contributed by atoms with Gasteiger partial charge in [-0.2, -0.15) is 36.3 Å². The van der Waals surface area contributed by atoms with Crippen molar-refractivity contribution in [2.24, 2.45) is 0 Å². The average molecular weight is 555 g/mol. The van der Waals surface area contributed by atoms with Crippen molar-refractivity contribution in [2.45, 2.75) is 37.1 Å². The van der Waals surface area contributed by atoms with E-state index in [0.29, 0.717) is 18.8 Å². The first-order chi connectivity index (χ1) is 17.6. The third-order valence-electron chi connectivity index (χ3n) is 5.34.